The van der Waals surface area contributed by atoms with E-state index in [1.165, 1.54) is 4.90 Å². The zero-order valence-electron chi connectivity index (χ0n) is 18.4. The molecule has 0 bridgehead atoms. The number of hydrogen-bond acceptors (Lipinski definition) is 5. The summed E-state index contributed by atoms with van der Waals surface area (Å²) in [5, 5.41) is 21.6. The van der Waals surface area contributed by atoms with Crippen LogP contribution < -0.4 is 5.32 Å². The molecule has 1 unspecified atom stereocenters. The number of aliphatic hydroxyl groups is 1. The molecule has 2 aromatic carbocycles. The van der Waals surface area contributed by atoms with E-state index in [1.54, 1.807) is 0 Å². The molecule has 33 heavy (non-hydrogen) atoms. The molecule has 174 valence electrons. The van der Waals surface area contributed by atoms with E-state index in [9.17, 15) is 24.6 Å². The first-order valence-corrected chi connectivity index (χ1v) is 11.2. The van der Waals surface area contributed by atoms with Gasteiger partial charge in [0.05, 0.1) is 12.5 Å². The number of fused-ring (bicyclic) bond motifs is 3. The molecule has 2 aliphatic rings. The van der Waals surface area contributed by atoms with Gasteiger partial charge >= 0.3 is 12.1 Å². The first-order chi connectivity index (χ1) is 15.8. The van der Waals surface area contributed by atoms with Crippen LogP contribution in [0.2, 0.25) is 0 Å². The lowest BCUT2D eigenvalue weighted by Crippen LogP contribution is -2.55. The molecule has 0 saturated carbocycles. The monoisotopic (exact) mass is 452 g/mol. The van der Waals surface area contributed by atoms with Crippen molar-refractivity contribution in [3.8, 4) is 11.1 Å². The number of ether oxygens (including phenoxy) is 1. The van der Waals surface area contributed by atoms with Crippen molar-refractivity contribution < 1.29 is 29.3 Å². The first kappa shape index (κ1) is 22.8. The third kappa shape index (κ3) is 4.85. The average molecular weight is 453 g/mol. The Hall–Kier alpha value is -3.39. The van der Waals surface area contributed by atoms with Gasteiger partial charge in [-0.2, -0.15) is 0 Å². The number of hydrogen-bond donors (Lipinski definition) is 3. The molecule has 8 nitrogen and oxygen atoms in total. The molecule has 2 aromatic rings. The molecule has 2 amide bonds. The van der Waals surface area contributed by atoms with Crippen LogP contribution >= 0.6 is 0 Å². The molecule has 1 aliphatic carbocycles. The van der Waals surface area contributed by atoms with E-state index < -0.39 is 36.5 Å². The number of carboxylic acids is 1. The van der Waals surface area contributed by atoms with Crippen LogP contribution in [-0.4, -0.2) is 64.4 Å². The minimum atomic E-state index is -1.27. The van der Waals surface area contributed by atoms with E-state index in [-0.39, 0.29) is 25.1 Å². The van der Waals surface area contributed by atoms with Gasteiger partial charge in [0.25, 0.3) is 0 Å². The summed E-state index contributed by atoms with van der Waals surface area (Å²) in [6.07, 6.45) is -0.888. The van der Waals surface area contributed by atoms with Crippen molar-refractivity contribution >= 4 is 18.0 Å². The second-order valence-electron chi connectivity index (χ2n) is 8.69. The van der Waals surface area contributed by atoms with Crippen molar-refractivity contribution in [2.24, 2.45) is 0 Å². The van der Waals surface area contributed by atoms with E-state index in [0.717, 1.165) is 22.3 Å². The Balaban J connectivity index is 1.44. The van der Waals surface area contributed by atoms with Crippen LogP contribution in [-0.2, 0) is 14.3 Å². The fourth-order valence-electron chi connectivity index (χ4n) is 4.75. The van der Waals surface area contributed by atoms with E-state index >= 15 is 0 Å². The second-order valence-corrected chi connectivity index (χ2v) is 8.69. The van der Waals surface area contributed by atoms with Crippen LogP contribution in [0.15, 0.2) is 48.5 Å². The number of carboxylic acid groups (broad SMARTS) is 1. The number of piperidine rings is 1. The predicted molar refractivity (Wildman–Crippen MR) is 121 cm³/mol. The predicted octanol–water partition coefficient (Wildman–Crippen LogP) is 2.74. The number of likely N-dealkylation sites (tertiary alicyclic amines) is 1. The summed E-state index contributed by atoms with van der Waals surface area (Å²) in [4.78, 5) is 38.4. The van der Waals surface area contributed by atoms with Crippen LogP contribution in [0.4, 0.5) is 4.79 Å². The fourth-order valence-corrected chi connectivity index (χ4v) is 4.75. The lowest BCUT2D eigenvalue weighted by Gasteiger charge is -2.37. The van der Waals surface area contributed by atoms with Crippen molar-refractivity contribution in [2.75, 3.05) is 13.2 Å². The highest BCUT2D eigenvalue weighted by atomic mass is 16.5. The Kier molecular flexibility index (Phi) is 6.65. The van der Waals surface area contributed by atoms with E-state index in [1.807, 2.05) is 55.5 Å². The largest absolute Gasteiger partial charge is 0.481 e. The first-order valence-electron chi connectivity index (χ1n) is 11.2. The smallest absolute Gasteiger partial charge is 0.407 e. The van der Waals surface area contributed by atoms with Crippen LogP contribution in [0, 0.1) is 0 Å². The Morgan fingerprint density at radius 2 is 1.67 bits per heavy atom. The lowest BCUT2D eigenvalue weighted by molar-refractivity contribution is -0.145. The topological polar surface area (TPSA) is 116 Å². The van der Waals surface area contributed by atoms with Gasteiger partial charge < -0.3 is 25.2 Å². The highest BCUT2D eigenvalue weighted by molar-refractivity contribution is 5.89. The van der Waals surface area contributed by atoms with Crippen molar-refractivity contribution in [1.82, 2.24) is 10.2 Å². The number of alkyl carbamates (subject to hydrolysis) is 1. The summed E-state index contributed by atoms with van der Waals surface area (Å²) in [6, 6.07) is 14.4. The van der Waals surface area contributed by atoms with Gasteiger partial charge in [0.2, 0.25) is 5.91 Å². The van der Waals surface area contributed by atoms with Gasteiger partial charge in [-0.1, -0.05) is 48.5 Å². The molecule has 1 saturated heterocycles. The third-order valence-electron chi connectivity index (χ3n) is 6.45. The van der Waals surface area contributed by atoms with Crippen LogP contribution in [0.1, 0.15) is 43.2 Å². The van der Waals surface area contributed by atoms with Crippen molar-refractivity contribution in [1.29, 1.82) is 0 Å². The average Bonchev–Trinajstić information content (AvgIpc) is 3.12. The molecule has 1 heterocycles. The molecule has 3 atom stereocenters. The highest BCUT2D eigenvalue weighted by Gasteiger charge is 2.35. The molecule has 4 rings (SSSR count). The van der Waals surface area contributed by atoms with Crippen LogP contribution in [0.25, 0.3) is 11.1 Å². The van der Waals surface area contributed by atoms with Gasteiger partial charge in [0, 0.05) is 18.5 Å². The van der Waals surface area contributed by atoms with Crippen LogP contribution in [0.5, 0.6) is 0 Å². The zero-order chi connectivity index (χ0) is 23.5. The Bertz CT molecular complexity index is 1010. The second kappa shape index (κ2) is 9.62. The van der Waals surface area contributed by atoms with E-state index in [0.29, 0.717) is 12.8 Å². The summed E-state index contributed by atoms with van der Waals surface area (Å²) in [5.41, 5.74) is 4.30. The molecule has 0 radical (unpaired) electrons. The Morgan fingerprint density at radius 3 is 2.27 bits per heavy atom. The van der Waals surface area contributed by atoms with Gasteiger partial charge in [-0.3, -0.25) is 9.59 Å². The number of amides is 2. The Morgan fingerprint density at radius 1 is 1.06 bits per heavy atom. The molecule has 1 aliphatic heterocycles. The maximum absolute atomic E-state index is 13.0. The molecule has 3 N–H and O–H groups in total. The number of nitrogens with one attached hydrogen (secondary N) is 1. The van der Waals surface area contributed by atoms with Gasteiger partial charge in [-0.05, 0) is 42.0 Å². The minimum Gasteiger partial charge on any atom is -0.481 e. The maximum atomic E-state index is 13.0. The molecule has 0 aromatic heterocycles. The minimum absolute atomic E-state index is 0.0622. The molecular formula is C25H28N2O6. The number of nitrogens with zero attached hydrogens (tertiary/aromatic N) is 1. The SMILES string of the molecule is C[C@@H]1CC[C@@H](O)CN1C(=O)C(CC(=O)O)NC(=O)OCC1c2ccccc2-c2ccccc21. The van der Waals surface area contributed by atoms with Gasteiger partial charge in [0.15, 0.2) is 0 Å². The molecule has 1 fully saturated rings. The number of carbonyl (C=O) groups is 3. The standard InChI is InChI=1S/C25H28N2O6/c1-15-10-11-16(28)13-27(15)24(31)22(12-23(29)30)26-25(32)33-14-21-19-8-4-2-6-17(19)18-7-3-5-9-20(18)21/h2-9,15-16,21-22,28H,10-14H2,1H3,(H,26,32)(H,29,30)/t15-,16-,22?/m1/s1. The zero-order valence-corrected chi connectivity index (χ0v) is 18.4. The summed E-state index contributed by atoms with van der Waals surface area (Å²) in [7, 11) is 0. The van der Waals surface area contributed by atoms with E-state index in [2.05, 4.69) is 5.32 Å². The maximum Gasteiger partial charge on any atom is 0.407 e. The number of carbonyl (C=O) groups excluding carboxylic acids is 2. The molecular weight excluding hydrogens is 424 g/mol. The number of aliphatic carboxylic acids is 1. The van der Waals surface area contributed by atoms with Gasteiger partial charge in [-0.25, -0.2) is 4.79 Å². The Labute approximate surface area is 192 Å². The molecule has 8 heteroatoms. The summed E-state index contributed by atoms with van der Waals surface area (Å²) in [5.74, 6) is -1.89. The van der Waals surface area contributed by atoms with Gasteiger partial charge in [-0.15, -0.1) is 0 Å². The summed E-state index contributed by atoms with van der Waals surface area (Å²) < 4.78 is 5.47. The fraction of sp³-hybridized carbons (Fsp3) is 0.400. The molecule has 0 spiro atoms. The van der Waals surface area contributed by atoms with Crippen molar-refractivity contribution in [3.05, 3.63) is 59.7 Å². The number of β-amino-alcohol motifs (C(OH)–C–C–N with tert-alkyl or cyclic N) is 1. The normalized spacial score (nSPS) is 20.5. The third-order valence-corrected chi connectivity index (χ3v) is 6.45. The number of rotatable bonds is 6. The summed E-state index contributed by atoms with van der Waals surface area (Å²) in [6.45, 7) is 2.02. The van der Waals surface area contributed by atoms with E-state index in [4.69, 9.17) is 4.74 Å². The number of benzene rings is 2. The van der Waals surface area contributed by atoms with Crippen molar-refractivity contribution in [2.45, 2.75) is 50.3 Å². The van der Waals surface area contributed by atoms with Crippen molar-refractivity contribution in [3.63, 3.8) is 0 Å². The van der Waals surface area contributed by atoms with Crippen LogP contribution in [0.3, 0.4) is 0 Å². The quantitative estimate of drug-likeness (QED) is 0.621. The summed E-state index contributed by atoms with van der Waals surface area (Å²) >= 11 is 0. The lowest BCUT2D eigenvalue weighted by atomic mass is 9.98. The number of aliphatic hydroxyl groups excluding tert-OH is 1. The highest BCUT2D eigenvalue weighted by Crippen LogP contribution is 2.44. The van der Waals surface area contributed by atoms with Gasteiger partial charge in [0.1, 0.15) is 12.6 Å².